The SMILES string of the molecule is O=C(Nc1ccccc1C(=O)NC1CC1)c1ccc(Br)cc1F. The fourth-order valence-electron chi connectivity index (χ4n) is 2.14. The van der Waals surface area contributed by atoms with Gasteiger partial charge in [-0.25, -0.2) is 4.39 Å². The maximum absolute atomic E-state index is 13.9. The summed E-state index contributed by atoms with van der Waals surface area (Å²) in [5.41, 5.74) is 0.647. The summed E-state index contributed by atoms with van der Waals surface area (Å²) in [7, 11) is 0. The van der Waals surface area contributed by atoms with E-state index < -0.39 is 11.7 Å². The van der Waals surface area contributed by atoms with Gasteiger partial charge in [-0.15, -0.1) is 0 Å². The van der Waals surface area contributed by atoms with E-state index in [4.69, 9.17) is 0 Å². The number of carbonyl (C=O) groups is 2. The van der Waals surface area contributed by atoms with Gasteiger partial charge in [-0.3, -0.25) is 9.59 Å². The first kappa shape index (κ1) is 15.7. The third-order valence-electron chi connectivity index (χ3n) is 3.51. The van der Waals surface area contributed by atoms with E-state index in [2.05, 4.69) is 26.6 Å². The van der Waals surface area contributed by atoms with Crippen molar-refractivity contribution < 1.29 is 14.0 Å². The number of hydrogen-bond acceptors (Lipinski definition) is 2. The van der Waals surface area contributed by atoms with Gasteiger partial charge >= 0.3 is 0 Å². The molecule has 1 saturated carbocycles. The summed E-state index contributed by atoms with van der Waals surface area (Å²) in [6, 6.07) is 11.1. The summed E-state index contributed by atoms with van der Waals surface area (Å²) < 4.78 is 14.4. The molecular weight excluding hydrogens is 363 g/mol. The van der Waals surface area contributed by atoms with Crippen molar-refractivity contribution in [1.82, 2.24) is 5.32 Å². The van der Waals surface area contributed by atoms with Gasteiger partial charge in [-0.1, -0.05) is 28.1 Å². The van der Waals surface area contributed by atoms with Gasteiger partial charge in [-0.05, 0) is 43.2 Å². The number of halogens is 2. The molecule has 1 aliphatic carbocycles. The number of hydrogen-bond donors (Lipinski definition) is 2. The van der Waals surface area contributed by atoms with Crippen LogP contribution in [0, 0.1) is 5.82 Å². The first-order chi connectivity index (χ1) is 11.0. The molecular formula is C17H14BrFN2O2. The first-order valence-corrected chi connectivity index (χ1v) is 8.00. The van der Waals surface area contributed by atoms with Crippen LogP contribution in [0.2, 0.25) is 0 Å². The highest BCUT2D eigenvalue weighted by Gasteiger charge is 2.25. The second-order valence-electron chi connectivity index (χ2n) is 5.37. The van der Waals surface area contributed by atoms with Crippen molar-refractivity contribution >= 4 is 33.4 Å². The minimum absolute atomic E-state index is 0.0781. The van der Waals surface area contributed by atoms with Crippen LogP contribution in [-0.4, -0.2) is 17.9 Å². The lowest BCUT2D eigenvalue weighted by Crippen LogP contribution is -2.27. The minimum atomic E-state index is -0.628. The Bertz CT molecular complexity index is 775. The second-order valence-corrected chi connectivity index (χ2v) is 6.29. The number of benzene rings is 2. The lowest BCUT2D eigenvalue weighted by molar-refractivity contribution is 0.0952. The summed E-state index contributed by atoms with van der Waals surface area (Å²) in [6.07, 6.45) is 1.95. The van der Waals surface area contributed by atoms with Gasteiger partial charge in [0.05, 0.1) is 16.8 Å². The number of anilines is 1. The van der Waals surface area contributed by atoms with E-state index in [1.165, 1.54) is 12.1 Å². The molecule has 2 aromatic rings. The highest BCUT2D eigenvalue weighted by atomic mass is 79.9. The Kier molecular flexibility index (Phi) is 4.43. The van der Waals surface area contributed by atoms with Crippen molar-refractivity contribution in [3.05, 3.63) is 63.9 Å². The van der Waals surface area contributed by atoms with Gasteiger partial charge in [0.1, 0.15) is 5.82 Å². The molecule has 3 rings (SSSR count). The third kappa shape index (κ3) is 3.76. The average Bonchev–Trinajstić information content (AvgIpc) is 3.31. The zero-order valence-corrected chi connectivity index (χ0v) is 13.7. The molecule has 2 amide bonds. The van der Waals surface area contributed by atoms with E-state index in [1.807, 2.05) is 0 Å². The monoisotopic (exact) mass is 376 g/mol. The van der Waals surface area contributed by atoms with Crippen molar-refractivity contribution in [2.24, 2.45) is 0 Å². The molecule has 0 unspecified atom stereocenters. The first-order valence-electron chi connectivity index (χ1n) is 7.21. The Morgan fingerprint density at radius 3 is 2.48 bits per heavy atom. The maximum Gasteiger partial charge on any atom is 0.258 e. The van der Waals surface area contributed by atoms with Crippen LogP contribution in [0.15, 0.2) is 46.9 Å². The summed E-state index contributed by atoms with van der Waals surface area (Å²) in [5, 5.41) is 5.48. The molecule has 1 aliphatic rings. The summed E-state index contributed by atoms with van der Waals surface area (Å²) in [6.45, 7) is 0. The lowest BCUT2D eigenvalue weighted by Gasteiger charge is -2.11. The van der Waals surface area contributed by atoms with E-state index in [1.54, 1.807) is 30.3 Å². The normalized spacial score (nSPS) is 13.5. The van der Waals surface area contributed by atoms with Gasteiger partial charge in [0.25, 0.3) is 11.8 Å². The zero-order chi connectivity index (χ0) is 16.4. The van der Waals surface area contributed by atoms with Gasteiger partial charge < -0.3 is 10.6 Å². The van der Waals surface area contributed by atoms with Crippen molar-refractivity contribution in [3.8, 4) is 0 Å². The molecule has 6 heteroatoms. The molecule has 0 heterocycles. The van der Waals surface area contributed by atoms with E-state index in [0.29, 0.717) is 15.7 Å². The van der Waals surface area contributed by atoms with E-state index in [0.717, 1.165) is 12.8 Å². The average molecular weight is 377 g/mol. The maximum atomic E-state index is 13.9. The molecule has 0 radical (unpaired) electrons. The van der Waals surface area contributed by atoms with Gasteiger partial charge in [0.15, 0.2) is 0 Å². The predicted molar refractivity (Wildman–Crippen MR) is 89.0 cm³/mol. The standard InChI is InChI=1S/C17H14BrFN2O2/c18-10-5-8-12(14(19)9-10)16(22)21-15-4-2-1-3-13(15)17(23)20-11-6-7-11/h1-5,8-9,11H,6-7H2,(H,20,23)(H,21,22). The molecule has 23 heavy (non-hydrogen) atoms. The Balaban J connectivity index is 1.81. The van der Waals surface area contributed by atoms with Crippen LogP contribution in [0.3, 0.4) is 0 Å². The van der Waals surface area contributed by atoms with E-state index in [9.17, 15) is 14.0 Å². The smallest absolute Gasteiger partial charge is 0.258 e. The molecule has 0 aromatic heterocycles. The van der Waals surface area contributed by atoms with E-state index in [-0.39, 0.29) is 17.5 Å². The molecule has 0 saturated heterocycles. The predicted octanol–water partition coefficient (Wildman–Crippen LogP) is 3.73. The summed E-state index contributed by atoms with van der Waals surface area (Å²) in [4.78, 5) is 24.5. The molecule has 0 aliphatic heterocycles. The number of carbonyl (C=O) groups excluding carboxylic acids is 2. The van der Waals surface area contributed by atoms with Crippen LogP contribution in [0.25, 0.3) is 0 Å². The second kappa shape index (κ2) is 6.50. The number of nitrogens with one attached hydrogen (secondary N) is 2. The summed E-state index contributed by atoms with van der Waals surface area (Å²) >= 11 is 3.15. The molecule has 1 fully saturated rings. The van der Waals surface area contributed by atoms with Crippen molar-refractivity contribution in [1.29, 1.82) is 0 Å². The fraction of sp³-hybridized carbons (Fsp3) is 0.176. The number of rotatable bonds is 4. The highest BCUT2D eigenvalue weighted by molar-refractivity contribution is 9.10. The third-order valence-corrected chi connectivity index (χ3v) is 4.00. The topological polar surface area (TPSA) is 58.2 Å². The summed E-state index contributed by atoms with van der Waals surface area (Å²) in [5.74, 6) is -1.46. The Labute approximate surface area is 141 Å². The van der Waals surface area contributed by atoms with E-state index >= 15 is 0 Å². The Hall–Kier alpha value is -2.21. The van der Waals surface area contributed by atoms with Crippen LogP contribution in [0.5, 0.6) is 0 Å². The van der Waals surface area contributed by atoms with Crippen molar-refractivity contribution in [2.75, 3.05) is 5.32 Å². The van der Waals surface area contributed by atoms with Crippen LogP contribution >= 0.6 is 15.9 Å². The van der Waals surface area contributed by atoms with Crippen molar-refractivity contribution in [3.63, 3.8) is 0 Å². The molecule has 0 bridgehead atoms. The number of amides is 2. The molecule has 0 spiro atoms. The van der Waals surface area contributed by atoms with Crippen molar-refractivity contribution in [2.45, 2.75) is 18.9 Å². The Morgan fingerprint density at radius 1 is 1.04 bits per heavy atom. The lowest BCUT2D eigenvalue weighted by atomic mass is 10.1. The van der Waals surface area contributed by atoms with Gasteiger partial charge in [-0.2, -0.15) is 0 Å². The molecule has 0 atom stereocenters. The number of para-hydroxylation sites is 1. The molecule has 2 N–H and O–H groups in total. The highest BCUT2D eigenvalue weighted by Crippen LogP contribution is 2.22. The van der Waals surface area contributed by atoms with Crippen LogP contribution in [-0.2, 0) is 0 Å². The van der Waals surface area contributed by atoms with Crippen LogP contribution < -0.4 is 10.6 Å². The fourth-order valence-corrected chi connectivity index (χ4v) is 2.48. The van der Waals surface area contributed by atoms with Crippen LogP contribution in [0.1, 0.15) is 33.6 Å². The molecule has 2 aromatic carbocycles. The Morgan fingerprint density at radius 2 is 1.78 bits per heavy atom. The zero-order valence-electron chi connectivity index (χ0n) is 12.1. The van der Waals surface area contributed by atoms with Crippen LogP contribution in [0.4, 0.5) is 10.1 Å². The largest absolute Gasteiger partial charge is 0.349 e. The van der Waals surface area contributed by atoms with Gasteiger partial charge in [0, 0.05) is 10.5 Å². The van der Waals surface area contributed by atoms with Gasteiger partial charge in [0.2, 0.25) is 0 Å². The molecule has 118 valence electrons. The minimum Gasteiger partial charge on any atom is -0.349 e. The quantitative estimate of drug-likeness (QED) is 0.853. The molecule has 4 nitrogen and oxygen atoms in total.